The second kappa shape index (κ2) is 7.50. The van der Waals surface area contributed by atoms with Gasteiger partial charge in [-0.1, -0.05) is 6.92 Å². The van der Waals surface area contributed by atoms with Crippen molar-refractivity contribution in [1.29, 1.82) is 0 Å². The van der Waals surface area contributed by atoms with Crippen molar-refractivity contribution in [3.63, 3.8) is 0 Å². The van der Waals surface area contributed by atoms with Crippen molar-refractivity contribution in [1.82, 2.24) is 10.3 Å². The summed E-state index contributed by atoms with van der Waals surface area (Å²) in [5.74, 6) is -1.74. The normalized spacial score (nSPS) is 10.1. The third kappa shape index (κ3) is 4.69. The predicted octanol–water partition coefficient (Wildman–Crippen LogP) is 1.73. The van der Waals surface area contributed by atoms with E-state index in [1.165, 1.54) is 7.05 Å². The van der Waals surface area contributed by atoms with Crippen molar-refractivity contribution in [3.05, 3.63) is 17.7 Å². The summed E-state index contributed by atoms with van der Waals surface area (Å²) >= 11 is 0. The molecule has 0 aliphatic heterocycles. The zero-order chi connectivity index (χ0) is 14.3. The number of pyridine rings is 1. The van der Waals surface area contributed by atoms with Gasteiger partial charge in [-0.3, -0.25) is 4.79 Å². The highest BCUT2D eigenvalue weighted by molar-refractivity contribution is 5.76. The maximum atomic E-state index is 13.5. The lowest BCUT2D eigenvalue weighted by Gasteiger charge is -2.10. The van der Waals surface area contributed by atoms with Crippen LogP contribution in [0.3, 0.4) is 0 Å². The van der Waals surface area contributed by atoms with Crippen LogP contribution in [-0.4, -0.2) is 31.0 Å². The highest BCUT2D eigenvalue weighted by Crippen LogP contribution is 2.18. The highest BCUT2D eigenvalue weighted by Gasteiger charge is 2.11. The molecule has 0 fully saturated rings. The predicted molar refractivity (Wildman–Crippen MR) is 70.1 cm³/mol. The van der Waals surface area contributed by atoms with Crippen LogP contribution in [0.25, 0.3) is 0 Å². The Morgan fingerprint density at radius 2 is 1.79 bits per heavy atom. The number of nitrogens with zero attached hydrogens (tertiary/aromatic N) is 1. The standard InChI is InChI=1S/C12H18F2N4O/c1-3-5-16-11-8(13)7-9(14)12(18-11)17-6-4-10(19)15-2/h7H,3-6H2,1-2H3,(H,15,19)(H2,16,17,18). The first-order valence-electron chi connectivity index (χ1n) is 6.12. The van der Waals surface area contributed by atoms with Crippen LogP contribution in [0.5, 0.6) is 0 Å². The number of nitrogens with one attached hydrogen (secondary N) is 3. The first kappa shape index (κ1) is 15.1. The lowest BCUT2D eigenvalue weighted by Crippen LogP contribution is -2.21. The lowest BCUT2D eigenvalue weighted by atomic mass is 10.3. The Balaban J connectivity index is 2.68. The van der Waals surface area contributed by atoms with Crippen molar-refractivity contribution in [2.24, 2.45) is 0 Å². The Bertz CT molecular complexity index is 440. The van der Waals surface area contributed by atoms with Gasteiger partial charge in [0.25, 0.3) is 0 Å². The largest absolute Gasteiger partial charge is 0.368 e. The second-order valence-electron chi connectivity index (χ2n) is 3.93. The number of rotatable bonds is 7. The van der Waals surface area contributed by atoms with Gasteiger partial charge in [-0.25, -0.2) is 13.8 Å². The van der Waals surface area contributed by atoms with Gasteiger partial charge >= 0.3 is 0 Å². The Hall–Kier alpha value is -1.92. The topological polar surface area (TPSA) is 66.0 Å². The van der Waals surface area contributed by atoms with E-state index in [9.17, 15) is 13.6 Å². The van der Waals surface area contributed by atoms with Crippen LogP contribution in [0.4, 0.5) is 20.4 Å². The Morgan fingerprint density at radius 3 is 2.32 bits per heavy atom. The summed E-state index contributed by atoms with van der Waals surface area (Å²) in [6.45, 7) is 2.70. The third-order valence-corrected chi connectivity index (χ3v) is 2.40. The van der Waals surface area contributed by atoms with Crippen molar-refractivity contribution >= 4 is 17.5 Å². The molecule has 0 unspecified atom stereocenters. The van der Waals surface area contributed by atoms with Gasteiger partial charge in [0.05, 0.1) is 0 Å². The Morgan fingerprint density at radius 1 is 1.21 bits per heavy atom. The monoisotopic (exact) mass is 272 g/mol. The summed E-state index contributed by atoms with van der Waals surface area (Å²) in [6, 6.07) is 0.771. The minimum absolute atomic E-state index is 0.00527. The van der Waals surface area contributed by atoms with Gasteiger partial charge in [0.2, 0.25) is 5.91 Å². The smallest absolute Gasteiger partial charge is 0.221 e. The molecule has 0 saturated heterocycles. The van der Waals surface area contributed by atoms with Gasteiger partial charge in [-0.15, -0.1) is 0 Å². The zero-order valence-corrected chi connectivity index (χ0v) is 11.0. The maximum Gasteiger partial charge on any atom is 0.221 e. The fourth-order valence-electron chi connectivity index (χ4n) is 1.38. The summed E-state index contributed by atoms with van der Waals surface area (Å²) in [5.41, 5.74) is 0. The molecule has 106 valence electrons. The maximum absolute atomic E-state index is 13.5. The van der Waals surface area contributed by atoms with Crippen molar-refractivity contribution in [3.8, 4) is 0 Å². The van der Waals surface area contributed by atoms with E-state index >= 15 is 0 Å². The molecule has 0 spiro atoms. The first-order valence-corrected chi connectivity index (χ1v) is 6.12. The van der Waals surface area contributed by atoms with Crippen molar-refractivity contribution in [2.75, 3.05) is 30.8 Å². The minimum atomic E-state index is -0.781. The third-order valence-electron chi connectivity index (χ3n) is 2.40. The molecule has 0 radical (unpaired) electrons. The molecule has 1 rings (SSSR count). The highest BCUT2D eigenvalue weighted by atomic mass is 19.1. The number of halogens is 2. The molecule has 0 saturated carbocycles. The van der Waals surface area contributed by atoms with Gasteiger partial charge in [0, 0.05) is 32.6 Å². The van der Waals surface area contributed by atoms with Crippen molar-refractivity contribution in [2.45, 2.75) is 19.8 Å². The molecular formula is C12H18F2N4O. The number of anilines is 2. The number of carbonyl (C=O) groups is 1. The molecule has 0 aliphatic rings. The number of amides is 1. The van der Waals surface area contributed by atoms with Crippen molar-refractivity contribution < 1.29 is 13.6 Å². The quantitative estimate of drug-likeness (QED) is 0.707. The second-order valence-corrected chi connectivity index (χ2v) is 3.93. The van der Waals surface area contributed by atoms with Gasteiger partial charge in [-0.2, -0.15) is 0 Å². The molecule has 0 bridgehead atoms. The van der Waals surface area contributed by atoms with E-state index in [4.69, 9.17) is 0 Å². The van der Waals surface area contributed by atoms with Crippen LogP contribution in [0, 0.1) is 11.6 Å². The molecule has 1 aromatic rings. The van der Waals surface area contributed by atoms with Crippen LogP contribution in [0.1, 0.15) is 19.8 Å². The average Bonchev–Trinajstić information content (AvgIpc) is 2.39. The number of hydrogen-bond donors (Lipinski definition) is 3. The zero-order valence-electron chi connectivity index (χ0n) is 11.0. The van der Waals surface area contributed by atoms with E-state index in [0.29, 0.717) is 6.54 Å². The SMILES string of the molecule is CCCNc1nc(NCCC(=O)NC)c(F)cc1F. The Labute approximate surface area is 110 Å². The molecule has 0 aliphatic carbocycles. The van der Waals surface area contributed by atoms with E-state index in [2.05, 4.69) is 20.9 Å². The molecule has 0 atom stereocenters. The molecule has 3 N–H and O–H groups in total. The fraction of sp³-hybridized carbons (Fsp3) is 0.500. The molecule has 7 heteroatoms. The van der Waals surface area contributed by atoms with Crippen LogP contribution in [0.15, 0.2) is 6.07 Å². The molecule has 19 heavy (non-hydrogen) atoms. The fourth-order valence-corrected chi connectivity index (χ4v) is 1.38. The summed E-state index contributed by atoms with van der Waals surface area (Å²) in [6.07, 6.45) is 0.991. The number of carbonyl (C=O) groups excluding carboxylic acids is 1. The number of aromatic nitrogens is 1. The molecule has 1 amide bonds. The van der Waals surface area contributed by atoms with Gasteiger partial charge in [-0.05, 0) is 6.42 Å². The van der Waals surface area contributed by atoms with Crippen LogP contribution in [-0.2, 0) is 4.79 Å². The summed E-state index contributed by atoms with van der Waals surface area (Å²) in [7, 11) is 1.52. The molecular weight excluding hydrogens is 254 g/mol. The van der Waals surface area contributed by atoms with Gasteiger partial charge in [0.1, 0.15) is 0 Å². The molecule has 5 nitrogen and oxygen atoms in total. The van der Waals surface area contributed by atoms with Crippen LogP contribution in [0.2, 0.25) is 0 Å². The van der Waals surface area contributed by atoms with E-state index in [1.54, 1.807) is 0 Å². The van der Waals surface area contributed by atoms with E-state index in [1.807, 2.05) is 6.92 Å². The van der Waals surface area contributed by atoms with Crippen LogP contribution < -0.4 is 16.0 Å². The number of hydrogen-bond acceptors (Lipinski definition) is 4. The van der Waals surface area contributed by atoms with Gasteiger partial charge in [0.15, 0.2) is 23.3 Å². The summed E-state index contributed by atoms with van der Waals surface area (Å²) in [4.78, 5) is 14.8. The summed E-state index contributed by atoms with van der Waals surface area (Å²) < 4.78 is 26.9. The first-order chi connectivity index (χ1) is 9.08. The van der Waals surface area contributed by atoms with E-state index < -0.39 is 11.6 Å². The molecule has 1 aromatic heterocycles. The lowest BCUT2D eigenvalue weighted by molar-refractivity contribution is -0.120. The summed E-state index contributed by atoms with van der Waals surface area (Å²) in [5, 5.41) is 7.89. The molecule has 0 aromatic carbocycles. The van der Waals surface area contributed by atoms with Gasteiger partial charge < -0.3 is 16.0 Å². The Kier molecular flexibility index (Phi) is 5.98. The van der Waals surface area contributed by atoms with E-state index in [-0.39, 0.29) is 30.5 Å². The minimum Gasteiger partial charge on any atom is -0.368 e. The van der Waals surface area contributed by atoms with E-state index in [0.717, 1.165) is 12.5 Å². The van der Waals surface area contributed by atoms with Crippen LogP contribution >= 0.6 is 0 Å². The average molecular weight is 272 g/mol. The molecule has 1 heterocycles.